The molecule has 9 rings (SSSR count). The van der Waals surface area contributed by atoms with Crippen molar-refractivity contribution in [3.05, 3.63) is 47.5 Å². The molecule has 198 valence electrons. The minimum Gasteiger partial charge on any atom is -0.393 e. The van der Waals surface area contributed by atoms with Crippen molar-refractivity contribution in [2.24, 2.45) is 45.8 Å². The molecule has 1 aromatic carbocycles. The molecule has 7 fully saturated rings. The lowest BCUT2D eigenvalue weighted by atomic mass is 9.47. The summed E-state index contributed by atoms with van der Waals surface area (Å²) in [5, 5.41) is 10.4. The summed E-state index contributed by atoms with van der Waals surface area (Å²) in [5.74, 6) is 4.14. The Morgan fingerprint density at radius 2 is 1.92 bits per heavy atom. The standard InChI is InChI=1S/C34H45NO2/c1-21-14-29-30(35(18-21)19-22-6-4-3-5-7-22)28-17-33-20-32(33)16-27-25(26(32)11-13-34(28,33)37-29)9-8-23-15-24(36)10-12-31(23,27)2/h3-8,21,24-30,36H,9-20H2,1-2H3/t21-,24-,25-,26-,27-,28+,29+,30-,31-,32?,33?,34+/m0/s1. The molecule has 6 aliphatic carbocycles. The molecule has 2 heterocycles. The summed E-state index contributed by atoms with van der Waals surface area (Å²) in [4.78, 5) is 2.85. The molecule has 1 aromatic rings. The molecular formula is C34H45NO2. The molecule has 2 unspecified atom stereocenters. The number of aliphatic hydroxyl groups is 1. The number of rotatable bonds is 2. The van der Waals surface area contributed by atoms with Gasteiger partial charge in [0, 0.05) is 30.5 Å². The van der Waals surface area contributed by atoms with Crippen LogP contribution in [0.15, 0.2) is 42.0 Å². The lowest BCUT2D eigenvalue weighted by Crippen LogP contribution is -2.64. The molecule has 0 aromatic heterocycles. The van der Waals surface area contributed by atoms with Crippen molar-refractivity contribution in [3.8, 4) is 0 Å². The summed E-state index contributed by atoms with van der Waals surface area (Å²) in [6.45, 7) is 7.36. The first-order valence-corrected chi connectivity index (χ1v) is 15.7. The van der Waals surface area contributed by atoms with E-state index in [-0.39, 0.29) is 11.7 Å². The van der Waals surface area contributed by atoms with E-state index in [9.17, 15) is 5.11 Å². The summed E-state index contributed by atoms with van der Waals surface area (Å²) < 4.78 is 7.45. The number of likely N-dealkylation sites (tertiary alicyclic amines) is 1. The quantitative estimate of drug-likeness (QED) is 0.481. The second kappa shape index (κ2) is 7.12. The Kier molecular flexibility index (Phi) is 4.36. The zero-order valence-corrected chi connectivity index (χ0v) is 22.9. The fraction of sp³-hybridized carbons (Fsp3) is 0.765. The Bertz CT molecular complexity index is 1160. The van der Waals surface area contributed by atoms with Gasteiger partial charge in [-0.05, 0) is 104 Å². The van der Waals surface area contributed by atoms with E-state index in [1.807, 2.05) is 0 Å². The molecule has 37 heavy (non-hydrogen) atoms. The monoisotopic (exact) mass is 499 g/mol. The van der Waals surface area contributed by atoms with Gasteiger partial charge >= 0.3 is 0 Å². The fourth-order valence-corrected chi connectivity index (χ4v) is 12.9. The van der Waals surface area contributed by atoms with Crippen molar-refractivity contribution in [1.29, 1.82) is 0 Å². The first-order chi connectivity index (χ1) is 17.9. The van der Waals surface area contributed by atoms with Crippen LogP contribution in [0.5, 0.6) is 0 Å². The van der Waals surface area contributed by atoms with Gasteiger partial charge in [0.2, 0.25) is 0 Å². The highest BCUT2D eigenvalue weighted by Crippen LogP contribution is 2.93. The topological polar surface area (TPSA) is 32.7 Å². The second-order valence-electron chi connectivity index (χ2n) is 15.4. The molecular weight excluding hydrogens is 454 g/mol. The second-order valence-corrected chi connectivity index (χ2v) is 15.4. The van der Waals surface area contributed by atoms with Gasteiger partial charge in [-0.15, -0.1) is 0 Å². The SMILES string of the molecule is C[C@H]1C[C@H]2O[C@@]34CC[C@H]5[C@@H]6CC=C7C[C@@H](O)CC[C@]7(C)[C@H]6CC56CC63C[C@@H]4[C@@H]2N(Cc2ccccc2)C1. The van der Waals surface area contributed by atoms with Crippen molar-refractivity contribution >= 4 is 0 Å². The predicted molar refractivity (Wildman–Crippen MR) is 145 cm³/mol. The maximum atomic E-state index is 10.4. The number of nitrogens with zero attached hydrogens (tertiary/aromatic N) is 1. The van der Waals surface area contributed by atoms with Crippen LogP contribution in [0, 0.1) is 45.8 Å². The van der Waals surface area contributed by atoms with E-state index in [0.29, 0.717) is 28.4 Å². The van der Waals surface area contributed by atoms with E-state index >= 15 is 0 Å². The summed E-state index contributed by atoms with van der Waals surface area (Å²) in [6, 6.07) is 11.8. The lowest BCUT2D eigenvalue weighted by Gasteiger charge is -2.60. The van der Waals surface area contributed by atoms with Crippen LogP contribution in [0.2, 0.25) is 0 Å². The molecule has 3 spiro atoms. The normalized spacial score (nSPS) is 56.9. The Morgan fingerprint density at radius 1 is 1.05 bits per heavy atom. The molecule has 0 radical (unpaired) electrons. The van der Waals surface area contributed by atoms with Crippen LogP contribution in [0.1, 0.15) is 83.6 Å². The van der Waals surface area contributed by atoms with Gasteiger partial charge in [-0.1, -0.05) is 55.8 Å². The average molecular weight is 500 g/mol. The molecule has 1 N–H and O–H groups in total. The predicted octanol–water partition coefficient (Wildman–Crippen LogP) is 6.36. The van der Waals surface area contributed by atoms with Crippen molar-refractivity contribution in [2.45, 2.75) is 108 Å². The third-order valence-electron chi connectivity index (χ3n) is 14.2. The minimum atomic E-state index is -0.0999. The van der Waals surface area contributed by atoms with E-state index in [1.165, 1.54) is 63.5 Å². The number of allylic oxidation sites excluding steroid dienone is 1. The average Bonchev–Trinajstić information content (AvgIpc) is 3.36. The van der Waals surface area contributed by atoms with E-state index in [1.54, 1.807) is 5.57 Å². The Balaban J connectivity index is 1.03. The third kappa shape index (κ3) is 2.57. The number of aliphatic hydroxyl groups excluding tert-OH is 1. The lowest BCUT2D eigenvalue weighted by molar-refractivity contribution is -0.211. The number of ether oxygens (including phenoxy) is 1. The molecule has 0 amide bonds. The number of piperidine rings is 1. The van der Waals surface area contributed by atoms with Crippen molar-refractivity contribution in [1.82, 2.24) is 4.90 Å². The largest absolute Gasteiger partial charge is 0.393 e. The van der Waals surface area contributed by atoms with Gasteiger partial charge in [0.25, 0.3) is 0 Å². The number of hydrogen-bond donors (Lipinski definition) is 1. The molecule has 3 nitrogen and oxygen atoms in total. The highest BCUT2D eigenvalue weighted by molar-refractivity contribution is 5.42. The maximum absolute atomic E-state index is 10.4. The van der Waals surface area contributed by atoms with Crippen LogP contribution in [-0.2, 0) is 11.3 Å². The van der Waals surface area contributed by atoms with Gasteiger partial charge in [-0.3, -0.25) is 4.90 Å². The van der Waals surface area contributed by atoms with Gasteiger partial charge in [0.05, 0.1) is 17.8 Å². The molecule has 8 aliphatic rings. The van der Waals surface area contributed by atoms with Crippen LogP contribution >= 0.6 is 0 Å². The van der Waals surface area contributed by atoms with Crippen molar-refractivity contribution in [2.75, 3.05) is 6.54 Å². The highest BCUT2D eigenvalue weighted by atomic mass is 16.5. The van der Waals surface area contributed by atoms with Crippen LogP contribution < -0.4 is 0 Å². The van der Waals surface area contributed by atoms with E-state index in [2.05, 4.69) is 55.2 Å². The smallest absolute Gasteiger partial charge is 0.0793 e. The first kappa shape index (κ1) is 22.6. The molecule has 3 heteroatoms. The minimum absolute atomic E-state index is 0.0999. The summed E-state index contributed by atoms with van der Waals surface area (Å²) in [6.07, 6.45) is 15.8. The van der Waals surface area contributed by atoms with Crippen LogP contribution in [0.25, 0.3) is 0 Å². The maximum Gasteiger partial charge on any atom is 0.0793 e. The van der Waals surface area contributed by atoms with Crippen molar-refractivity contribution < 1.29 is 9.84 Å². The summed E-state index contributed by atoms with van der Waals surface area (Å²) in [7, 11) is 0. The fourth-order valence-electron chi connectivity index (χ4n) is 12.9. The highest BCUT2D eigenvalue weighted by Gasteiger charge is 2.91. The van der Waals surface area contributed by atoms with Gasteiger partial charge in [0.1, 0.15) is 0 Å². The van der Waals surface area contributed by atoms with E-state index in [0.717, 1.165) is 49.0 Å². The van der Waals surface area contributed by atoms with Gasteiger partial charge in [0.15, 0.2) is 0 Å². The molecule has 0 bridgehead atoms. The molecule has 5 saturated carbocycles. The van der Waals surface area contributed by atoms with Crippen molar-refractivity contribution in [3.63, 3.8) is 0 Å². The Hall–Kier alpha value is -1.16. The van der Waals surface area contributed by atoms with E-state index < -0.39 is 0 Å². The number of hydrogen-bond acceptors (Lipinski definition) is 3. The molecule has 2 saturated heterocycles. The summed E-state index contributed by atoms with van der Waals surface area (Å²) >= 11 is 0. The van der Waals surface area contributed by atoms with E-state index in [4.69, 9.17) is 4.74 Å². The zero-order chi connectivity index (χ0) is 24.8. The zero-order valence-electron chi connectivity index (χ0n) is 22.9. The number of benzene rings is 1. The Morgan fingerprint density at radius 3 is 2.78 bits per heavy atom. The van der Waals surface area contributed by atoms with Gasteiger partial charge in [-0.25, -0.2) is 0 Å². The van der Waals surface area contributed by atoms with Crippen LogP contribution in [-0.4, -0.2) is 40.4 Å². The Labute approximate surface area is 223 Å². The number of fused-ring (bicyclic) bond motifs is 6. The van der Waals surface area contributed by atoms with Crippen LogP contribution in [0.3, 0.4) is 0 Å². The summed E-state index contributed by atoms with van der Waals surface area (Å²) in [5.41, 5.74) is 4.68. The first-order valence-electron chi connectivity index (χ1n) is 15.7. The van der Waals surface area contributed by atoms with Gasteiger partial charge < -0.3 is 9.84 Å². The molecule has 2 aliphatic heterocycles. The van der Waals surface area contributed by atoms with Gasteiger partial charge in [-0.2, -0.15) is 0 Å². The molecule has 12 atom stereocenters. The third-order valence-corrected chi connectivity index (χ3v) is 14.2. The van der Waals surface area contributed by atoms with Crippen LogP contribution in [0.4, 0.5) is 0 Å².